The van der Waals surface area contributed by atoms with E-state index < -0.39 is 28.6 Å². The van der Waals surface area contributed by atoms with Crippen molar-refractivity contribution >= 4 is 5.90 Å². The molecule has 6 heteroatoms. The van der Waals surface area contributed by atoms with Gasteiger partial charge in [-0.05, 0) is 35.3 Å². The van der Waals surface area contributed by atoms with E-state index in [1.165, 1.54) is 0 Å². The molecule has 6 nitrogen and oxygen atoms in total. The second kappa shape index (κ2) is 7.33. The second-order valence-corrected chi connectivity index (χ2v) is 10.5. The van der Waals surface area contributed by atoms with Gasteiger partial charge in [-0.1, -0.05) is 64.8 Å². The first kappa shape index (κ1) is 22.3. The molecule has 5 unspecified atom stereocenters. The highest BCUT2D eigenvalue weighted by Crippen LogP contribution is 2.70. The highest BCUT2D eigenvalue weighted by atomic mass is 16.7. The van der Waals surface area contributed by atoms with Gasteiger partial charge in [-0.25, -0.2) is 0 Å². The van der Waals surface area contributed by atoms with Gasteiger partial charge >= 0.3 is 0 Å². The van der Waals surface area contributed by atoms with Gasteiger partial charge in [0.2, 0.25) is 17.1 Å². The van der Waals surface area contributed by atoms with E-state index in [2.05, 4.69) is 45.9 Å². The lowest BCUT2D eigenvalue weighted by Gasteiger charge is -2.52. The van der Waals surface area contributed by atoms with Crippen molar-refractivity contribution in [1.82, 2.24) is 0 Å². The van der Waals surface area contributed by atoms with Crippen LogP contribution in [0.4, 0.5) is 0 Å². The molecule has 2 aliphatic heterocycles. The Kier molecular flexibility index (Phi) is 5.11. The lowest BCUT2D eigenvalue weighted by atomic mass is 9.50. The van der Waals surface area contributed by atoms with E-state index in [4.69, 9.17) is 14.9 Å². The molecule has 32 heavy (non-hydrogen) atoms. The van der Waals surface area contributed by atoms with Gasteiger partial charge in [0.25, 0.3) is 0 Å². The average molecular weight is 431 g/mol. The SMILES string of the molecule is CCCC1CCC23OC(=N)C(C#N)(C2C1)C(C#N)(C#N)C(c1ccc(C(C)(C)C)cc1)O3. The number of nitrogens with one attached hydrogen (secondary N) is 1. The van der Waals surface area contributed by atoms with E-state index in [0.29, 0.717) is 24.3 Å². The molecule has 5 atom stereocenters. The molecule has 2 bridgehead atoms. The Morgan fingerprint density at radius 3 is 2.28 bits per heavy atom. The van der Waals surface area contributed by atoms with Crippen molar-refractivity contribution in [1.29, 1.82) is 21.2 Å². The average Bonchev–Trinajstić information content (AvgIpc) is 2.97. The Balaban J connectivity index is 1.87. The zero-order valence-corrected chi connectivity index (χ0v) is 19.2. The van der Waals surface area contributed by atoms with Gasteiger partial charge in [0.15, 0.2) is 5.41 Å². The number of hydrogen-bond acceptors (Lipinski definition) is 6. The van der Waals surface area contributed by atoms with E-state index >= 15 is 0 Å². The van der Waals surface area contributed by atoms with Gasteiger partial charge in [-0.15, -0.1) is 0 Å². The number of nitriles is 3. The van der Waals surface area contributed by atoms with Crippen molar-refractivity contribution in [3.05, 3.63) is 35.4 Å². The van der Waals surface area contributed by atoms with E-state index in [-0.39, 0.29) is 11.3 Å². The Hall–Kier alpha value is -2.88. The smallest absolute Gasteiger partial charge is 0.217 e. The van der Waals surface area contributed by atoms with Crippen molar-refractivity contribution < 1.29 is 9.47 Å². The predicted octanol–water partition coefficient (Wildman–Crippen LogP) is 5.52. The van der Waals surface area contributed by atoms with Crippen molar-refractivity contribution in [3.63, 3.8) is 0 Å². The fraction of sp³-hybridized carbons (Fsp3) is 0.615. The zero-order chi connectivity index (χ0) is 23.4. The summed E-state index contributed by atoms with van der Waals surface area (Å²) in [5, 5.41) is 39.9. The zero-order valence-electron chi connectivity index (χ0n) is 19.2. The van der Waals surface area contributed by atoms with Crippen molar-refractivity contribution in [2.24, 2.45) is 22.7 Å². The minimum atomic E-state index is -1.87. The summed E-state index contributed by atoms with van der Waals surface area (Å²) in [6.07, 6.45) is 3.09. The first-order valence-corrected chi connectivity index (χ1v) is 11.4. The molecule has 166 valence electrons. The Bertz CT molecular complexity index is 1040. The van der Waals surface area contributed by atoms with Crippen LogP contribution in [0.1, 0.15) is 77.0 Å². The van der Waals surface area contributed by atoms with Crippen molar-refractivity contribution in [2.45, 2.75) is 77.1 Å². The van der Waals surface area contributed by atoms with Gasteiger partial charge in [0, 0.05) is 6.42 Å². The van der Waals surface area contributed by atoms with Crippen molar-refractivity contribution in [2.75, 3.05) is 0 Å². The molecule has 1 N–H and O–H groups in total. The van der Waals surface area contributed by atoms with Gasteiger partial charge in [-0.3, -0.25) is 5.41 Å². The highest BCUT2D eigenvalue weighted by molar-refractivity contribution is 5.89. The fourth-order valence-electron chi connectivity index (χ4n) is 6.05. The molecular weight excluding hydrogens is 400 g/mol. The van der Waals surface area contributed by atoms with Crippen LogP contribution in [0.25, 0.3) is 0 Å². The molecule has 0 spiro atoms. The van der Waals surface area contributed by atoms with Crippen LogP contribution >= 0.6 is 0 Å². The summed E-state index contributed by atoms with van der Waals surface area (Å²) in [5.74, 6) is -1.58. The van der Waals surface area contributed by atoms with Gasteiger partial charge in [0.05, 0.1) is 24.1 Å². The lowest BCUT2D eigenvalue weighted by Crippen LogP contribution is -2.61. The molecule has 1 aromatic rings. The monoisotopic (exact) mass is 430 g/mol. The predicted molar refractivity (Wildman–Crippen MR) is 118 cm³/mol. The van der Waals surface area contributed by atoms with E-state index in [9.17, 15) is 15.8 Å². The van der Waals surface area contributed by atoms with Crippen LogP contribution in [-0.4, -0.2) is 11.7 Å². The van der Waals surface area contributed by atoms with E-state index in [1.807, 2.05) is 24.3 Å². The van der Waals surface area contributed by atoms with Crippen LogP contribution < -0.4 is 0 Å². The molecule has 3 fully saturated rings. The Labute approximate surface area is 190 Å². The Morgan fingerprint density at radius 1 is 1.09 bits per heavy atom. The van der Waals surface area contributed by atoms with Gasteiger partial charge in [0.1, 0.15) is 6.10 Å². The molecule has 3 aliphatic rings. The molecule has 0 aromatic heterocycles. The Morgan fingerprint density at radius 2 is 1.75 bits per heavy atom. The van der Waals surface area contributed by atoms with Crippen LogP contribution in [0.5, 0.6) is 0 Å². The second-order valence-electron chi connectivity index (χ2n) is 10.5. The van der Waals surface area contributed by atoms with Crippen molar-refractivity contribution in [3.8, 4) is 18.2 Å². The molecule has 1 saturated carbocycles. The highest BCUT2D eigenvalue weighted by Gasteiger charge is 2.80. The van der Waals surface area contributed by atoms with Crippen LogP contribution in [0.15, 0.2) is 24.3 Å². The minimum Gasteiger partial charge on any atom is -0.447 e. The number of ether oxygens (including phenoxy) is 2. The van der Waals surface area contributed by atoms with E-state index in [1.54, 1.807) is 0 Å². The van der Waals surface area contributed by atoms with Crippen LogP contribution in [0, 0.1) is 62.1 Å². The first-order chi connectivity index (χ1) is 15.1. The largest absolute Gasteiger partial charge is 0.447 e. The summed E-state index contributed by atoms with van der Waals surface area (Å²) in [6.45, 7) is 8.48. The topological polar surface area (TPSA) is 114 Å². The molecule has 1 aliphatic carbocycles. The third kappa shape index (κ3) is 2.74. The molecule has 0 amide bonds. The van der Waals surface area contributed by atoms with Crippen LogP contribution in [0.2, 0.25) is 0 Å². The fourth-order valence-corrected chi connectivity index (χ4v) is 6.05. The van der Waals surface area contributed by atoms with Gasteiger partial charge < -0.3 is 9.47 Å². The molecule has 1 aromatic carbocycles. The van der Waals surface area contributed by atoms with Crippen LogP contribution in [0.3, 0.4) is 0 Å². The maximum atomic E-state index is 10.5. The minimum absolute atomic E-state index is 0.0485. The normalized spacial score (nSPS) is 35.0. The van der Waals surface area contributed by atoms with E-state index in [0.717, 1.165) is 24.8 Å². The van der Waals surface area contributed by atoms with Gasteiger partial charge in [-0.2, -0.15) is 15.8 Å². The quantitative estimate of drug-likeness (QED) is 0.678. The third-order valence-corrected chi connectivity index (χ3v) is 7.79. The summed E-state index contributed by atoms with van der Waals surface area (Å²) in [5.41, 5.74) is -1.80. The maximum absolute atomic E-state index is 10.5. The standard InChI is InChI=1S/C26H30N4O2/c1-5-6-17-11-12-26-20(13-17)25(16-29,22(30)32-26)24(14-27,15-28)21(31-26)18-7-9-19(10-8-18)23(2,3)4/h7-10,17,20-21,30H,5-6,11-13H2,1-4H3. The molecule has 0 radical (unpaired) electrons. The molecule has 2 heterocycles. The summed E-state index contributed by atoms with van der Waals surface area (Å²) < 4.78 is 12.6. The molecule has 4 rings (SSSR count). The van der Waals surface area contributed by atoms with Crippen LogP contribution in [-0.2, 0) is 14.9 Å². The third-order valence-electron chi connectivity index (χ3n) is 7.79. The first-order valence-electron chi connectivity index (χ1n) is 11.4. The number of hydrogen-bond donors (Lipinski definition) is 1. The molecular formula is C26H30N4O2. The summed E-state index contributed by atoms with van der Waals surface area (Å²) in [6, 6.07) is 14.3. The number of rotatable bonds is 3. The summed E-state index contributed by atoms with van der Waals surface area (Å²) in [4.78, 5) is 0. The lowest BCUT2D eigenvalue weighted by molar-refractivity contribution is -0.299. The summed E-state index contributed by atoms with van der Waals surface area (Å²) in [7, 11) is 0. The molecule has 2 saturated heterocycles. The number of nitrogens with zero attached hydrogens (tertiary/aromatic N) is 3. The summed E-state index contributed by atoms with van der Waals surface area (Å²) >= 11 is 0. The maximum Gasteiger partial charge on any atom is 0.217 e. The number of benzene rings is 1.